The molecule has 27 heavy (non-hydrogen) atoms. The molecule has 1 unspecified atom stereocenters. The third-order valence-corrected chi connectivity index (χ3v) is 4.56. The molecule has 0 radical (unpaired) electrons. The number of benzene rings is 1. The molecular weight excluding hydrogens is 344 g/mol. The van der Waals surface area contributed by atoms with Crippen molar-refractivity contribution in [1.29, 1.82) is 0 Å². The van der Waals surface area contributed by atoms with Crippen LogP contribution in [0.4, 0.5) is 0 Å². The molecule has 1 saturated heterocycles. The summed E-state index contributed by atoms with van der Waals surface area (Å²) in [5, 5.41) is 15.7. The van der Waals surface area contributed by atoms with Crippen LogP contribution in [0.2, 0.25) is 0 Å². The number of amides is 1. The van der Waals surface area contributed by atoms with Crippen LogP contribution in [0, 0.1) is 0 Å². The van der Waals surface area contributed by atoms with E-state index in [1.807, 2.05) is 35.1 Å². The summed E-state index contributed by atoms with van der Waals surface area (Å²) < 4.78 is 7.63. The first-order valence-corrected chi connectivity index (χ1v) is 9.21. The minimum atomic E-state index is -0.155. The highest BCUT2D eigenvalue weighted by Crippen LogP contribution is 2.21. The van der Waals surface area contributed by atoms with Crippen LogP contribution in [0.15, 0.2) is 48.9 Å². The zero-order valence-electron chi connectivity index (χ0n) is 15.0. The molecule has 1 aliphatic heterocycles. The van der Waals surface area contributed by atoms with Gasteiger partial charge >= 0.3 is 0 Å². The van der Waals surface area contributed by atoms with Gasteiger partial charge in [-0.15, -0.1) is 0 Å². The van der Waals surface area contributed by atoms with Gasteiger partial charge in [-0.05, 0) is 37.5 Å². The molecule has 140 valence electrons. The van der Waals surface area contributed by atoms with Crippen LogP contribution in [-0.2, 0) is 11.2 Å². The summed E-state index contributed by atoms with van der Waals surface area (Å²) in [6.07, 6.45) is 9.10. The first-order chi connectivity index (χ1) is 13.3. The van der Waals surface area contributed by atoms with Gasteiger partial charge in [0, 0.05) is 25.8 Å². The van der Waals surface area contributed by atoms with Gasteiger partial charge < -0.3 is 10.1 Å². The van der Waals surface area contributed by atoms with E-state index in [-0.39, 0.29) is 12.1 Å². The quantitative estimate of drug-likeness (QED) is 0.722. The van der Waals surface area contributed by atoms with Gasteiger partial charge in [0.2, 0.25) is 0 Å². The summed E-state index contributed by atoms with van der Waals surface area (Å²) in [5.74, 6) is -0.155. The molecule has 3 aromatic rings. The van der Waals surface area contributed by atoms with Crippen molar-refractivity contribution in [2.75, 3.05) is 13.2 Å². The van der Waals surface area contributed by atoms with Crippen LogP contribution in [0.1, 0.15) is 41.5 Å². The van der Waals surface area contributed by atoms with Crippen molar-refractivity contribution < 1.29 is 9.53 Å². The van der Waals surface area contributed by atoms with Gasteiger partial charge in [0.05, 0.1) is 29.3 Å². The molecule has 0 saturated carbocycles. The van der Waals surface area contributed by atoms with Crippen LogP contribution >= 0.6 is 0 Å². The normalized spacial score (nSPS) is 17.0. The number of hydrogen-bond acceptors (Lipinski definition) is 5. The minimum Gasteiger partial charge on any atom is -0.357 e. The zero-order valence-corrected chi connectivity index (χ0v) is 15.0. The summed E-state index contributed by atoms with van der Waals surface area (Å²) in [7, 11) is 0. The molecule has 0 bridgehead atoms. The van der Waals surface area contributed by atoms with Gasteiger partial charge in [0.15, 0.2) is 0 Å². The molecule has 2 aromatic heterocycles. The van der Waals surface area contributed by atoms with Crippen molar-refractivity contribution >= 4 is 5.91 Å². The van der Waals surface area contributed by atoms with Crippen molar-refractivity contribution in [3.05, 3.63) is 60.2 Å². The first-order valence-electron chi connectivity index (χ1n) is 9.21. The second-order valence-electron chi connectivity index (χ2n) is 6.45. The number of ether oxygens (including phenoxy) is 1. The molecule has 1 N–H and O–H groups in total. The smallest absolute Gasteiger partial charge is 0.253 e. The number of carbonyl (C=O) groups is 1. The summed E-state index contributed by atoms with van der Waals surface area (Å²) in [6, 6.07) is 9.25. The molecule has 0 spiro atoms. The lowest BCUT2D eigenvalue weighted by Crippen LogP contribution is -2.27. The van der Waals surface area contributed by atoms with Crippen molar-refractivity contribution in [1.82, 2.24) is 30.1 Å². The van der Waals surface area contributed by atoms with E-state index in [2.05, 4.69) is 20.6 Å². The fourth-order valence-electron chi connectivity index (χ4n) is 3.18. The molecule has 1 aromatic carbocycles. The maximum absolute atomic E-state index is 12.6. The Bertz CT molecular complexity index is 883. The molecule has 8 nitrogen and oxygen atoms in total. The van der Waals surface area contributed by atoms with Crippen LogP contribution in [0.25, 0.3) is 5.69 Å². The molecule has 8 heteroatoms. The summed E-state index contributed by atoms with van der Waals surface area (Å²) >= 11 is 0. The third-order valence-electron chi connectivity index (χ3n) is 4.56. The Balaban J connectivity index is 1.35. The number of nitrogens with one attached hydrogen (secondary N) is 1. The lowest BCUT2D eigenvalue weighted by molar-refractivity contribution is -0.0396. The molecule has 1 amide bonds. The third kappa shape index (κ3) is 4.06. The number of rotatable bonds is 6. The molecule has 0 aliphatic carbocycles. The van der Waals surface area contributed by atoms with Crippen molar-refractivity contribution in [2.24, 2.45) is 0 Å². The summed E-state index contributed by atoms with van der Waals surface area (Å²) in [6.45, 7) is 1.29. The van der Waals surface area contributed by atoms with Crippen molar-refractivity contribution in [3.8, 4) is 5.69 Å². The van der Waals surface area contributed by atoms with E-state index in [1.165, 1.54) is 11.2 Å². The second-order valence-corrected chi connectivity index (χ2v) is 6.45. The lowest BCUT2D eigenvalue weighted by Gasteiger charge is -2.22. The highest BCUT2D eigenvalue weighted by Gasteiger charge is 2.17. The molecular formula is C19H22N6O2. The number of aromatic nitrogens is 5. The van der Waals surface area contributed by atoms with Crippen LogP contribution < -0.4 is 5.32 Å². The van der Waals surface area contributed by atoms with Crippen LogP contribution in [0.5, 0.6) is 0 Å². The summed E-state index contributed by atoms with van der Waals surface area (Å²) in [4.78, 5) is 14.0. The topological polar surface area (TPSA) is 86.9 Å². The van der Waals surface area contributed by atoms with E-state index >= 15 is 0 Å². The first kappa shape index (κ1) is 17.4. The Hall–Kier alpha value is -3.00. The van der Waals surface area contributed by atoms with Crippen LogP contribution in [-0.4, -0.2) is 43.8 Å². The molecule has 1 aliphatic rings. The highest BCUT2D eigenvalue weighted by molar-refractivity contribution is 5.97. The van der Waals surface area contributed by atoms with E-state index in [0.29, 0.717) is 24.2 Å². The van der Waals surface area contributed by atoms with E-state index in [0.717, 1.165) is 25.1 Å². The number of nitrogens with zero attached hydrogens (tertiary/aromatic N) is 5. The molecule has 1 atom stereocenters. The standard InChI is InChI=1S/C19H22N6O2/c26-19(16-5-1-2-6-17(16)25-21-11-12-22-25)20-10-8-15-9-13-24(23-15)18-7-3-4-14-27-18/h1-2,5-6,9,11-13,18H,3-4,7-8,10,14H2,(H,20,26). The average Bonchev–Trinajstić information content (AvgIpc) is 3.41. The second kappa shape index (κ2) is 8.13. The largest absolute Gasteiger partial charge is 0.357 e. The van der Waals surface area contributed by atoms with Gasteiger partial charge in [-0.3, -0.25) is 4.79 Å². The predicted octanol–water partition coefficient (Wildman–Crippen LogP) is 2.14. The Labute approximate surface area is 157 Å². The van der Waals surface area contributed by atoms with E-state index in [9.17, 15) is 4.79 Å². The van der Waals surface area contributed by atoms with Crippen LogP contribution in [0.3, 0.4) is 0 Å². The predicted molar refractivity (Wildman–Crippen MR) is 98.5 cm³/mol. The van der Waals surface area contributed by atoms with Gasteiger partial charge in [0.1, 0.15) is 6.23 Å². The summed E-state index contributed by atoms with van der Waals surface area (Å²) in [5.41, 5.74) is 2.13. The van der Waals surface area contributed by atoms with E-state index in [1.54, 1.807) is 18.5 Å². The van der Waals surface area contributed by atoms with Gasteiger partial charge in [-0.2, -0.15) is 20.1 Å². The number of para-hydroxylation sites is 1. The van der Waals surface area contributed by atoms with Gasteiger partial charge in [0.25, 0.3) is 5.91 Å². The number of carbonyl (C=O) groups excluding carboxylic acids is 1. The fraction of sp³-hybridized carbons (Fsp3) is 0.368. The molecule has 4 rings (SSSR count). The Morgan fingerprint density at radius 3 is 2.85 bits per heavy atom. The zero-order chi connectivity index (χ0) is 18.5. The monoisotopic (exact) mass is 366 g/mol. The minimum absolute atomic E-state index is 0.0375. The maximum atomic E-state index is 12.6. The van der Waals surface area contributed by atoms with Gasteiger partial charge in [-0.25, -0.2) is 4.68 Å². The Morgan fingerprint density at radius 1 is 1.19 bits per heavy atom. The average molecular weight is 366 g/mol. The van der Waals surface area contributed by atoms with E-state index < -0.39 is 0 Å². The SMILES string of the molecule is O=C(NCCc1ccn(C2CCCCO2)n1)c1ccccc1-n1nccn1. The van der Waals surface area contributed by atoms with Crippen molar-refractivity contribution in [3.63, 3.8) is 0 Å². The maximum Gasteiger partial charge on any atom is 0.253 e. The van der Waals surface area contributed by atoms with Crippen molar-refractivity contribution in [2.45, 2.75) is 31.9 Å². The van der Waals surface area contributed by atoms with E-state index in [4.69, 9.17) is 4.74 Å². The lowest BCUT2D eigenvalue weighted by atomic mass is 10.1. The highest BCUT2D eigenvalue weighted by atomic mass is 16.5. The molecule has 3 heterocycles. The van der Waals surface area contributed by atoms with Gasteiger partial charge in [-0.1, -0.05) is 12.1 Å². The molecule has 1 fully saturated rings. The Morgan fingerprint density at radius 2 is 2.04 bits per heavy atom. The fourth-order valence-corrected chi connectivity index (χ4v) is 3.18. The Kier molecular flexibility index (Phi) is 5.24. The number of hydrogen-bond donors (Lipinski definition) is 1.